The van der Waals surface area contributed by atoms with E-state index in [0.29, 0.717) is 0 Å². The summed E-state index contributed by atoms with van der Waals surface area (Å²) in [6.45, 7) is 68.6. The first-order chi connectivity index (χ1) is 30.6. The minimum absolute atomic E-state index is 0. The lowest BCUT2D eigenvalue weighted by molar-refractivity contribution is -0.183. The standard InChI is InChI=1S/C14H25N.C10H21N.C9H18.C5H10.C5H6.C4H10.C3H8.6C2H6.9CH4/c1-6-15-10(5)9(4)13-11-7(2)8(3)12(11)14(13)15;1-6-11-9(4)7(2)8(3)10(11)5;1-6-5-7(2)9(4)8(6)3;2*1-2-4-5-3-1;1-3-4-2;1-3-2;6*1-2;;;;;;;;;/h7-14H,6H2,1-5H3;7-10H,6H2,1-5H3;6-9H,5H2,1-4H3;1-5H2;1-4H,5H2;3-4H2,1-2H3;3H2,1-2H3;6*1-2H3;9*1H4/t7-,8+,9+,10-,11-,12+,13-,14?;7-,8+,9-,10+;6-,7+,8-,9+;;;;;;;;;;;;;;;;;;;/m0...................../s1. The van der Waals surface area contributed by atoms with Gasteiger partial charge in [0, 0.05) is 24.2 Å². The summed E-state index contributed by atoms with van der Waals surface area (Å²) in [6, 6.07) is 3.35. The van der Waals surface area contributed by atoms with Gasteiger partial charge < -0.3 is 0 Å². The van der Waals surface area contributed by atoms with Gasteiger partial charge in [0.25, 0.3) is 0 Å². The van der Waals surface area contributed by atoms with Gasteiger partial charge in [0.05, 0.1) is 0 Å². The van der Waals surface area contributed by atoms with Gasteiger partial charge in [-0.2, -0.15) is 0 Å². The van der Waals surface area contributed by atoms with E-state index in [4.69, 9.17) is 0 Å². The van der Waals surface area contributed by atoms with Crippen LogP contribution in [0.25, 0.3) is 0 Å². The first kappa shape index (κ1) is 112. The van der Waals surface area contributed by atoms with Crippen molar-refractivity contribution >= 4 is 0 Å². The highest BCUT2D eigenvalue weighted by molar-refractivity contribution is 5.19. The van der Waals surface area contributed by atoms with Crippen molar-refractivity contribution in [3.63, 3.8) is 0 Å². The zero-order chi connectivity index (χ0) is 51.7. The van der Waals surface area contributed by atoms with Crippen molar-refractivity contribution in [2.24, 2.45) is 71.0 Å². The van der Waals surface area contributed by atoms with Crippen LogP contribution in [0.4, 0.5) is 0 Å². The molecule has 7 rings (SSSR count). The van der Waals surface area contributed by atoms with E-state index in [9.17, 15) is 0 Å². The van der Waals surface area contributed by atoms with E-state index in [-0.39, 0.29) is 66.8 Å². The summed E-state index contributed by atoms with van der Waals surface area (Å²) in [7, 11) is 0. The summed E-state index contributed by atoms with van der Waals surface area (Å²) in [6.07, 6.45) is 22.3. The third-order valence-corrected chi connectivity index (χ3v) is 15.9. The molecule has 2 heteroatoms. The van der Waals surface area contributed by atoms with Gasteiger partial charge >= 0.3 is 0 Å². The van der Waals surface area contributed by atoms with Crippen molar-refractivity contribution in [1.82, 2.24) is 9.80 Å². The molecule has 0 aromatic heterocycles. The van der Waals surface area contributed by atoms with Crippen LogP contribution in [0.15, 0.2) is 24.3 Å². The van der Waals surface area contributed by atoms with E-state index in [1.165, 1.54) is 70.9 Å². The molecule has 1 unspecified atom stereocenters. The molecule has 2 saturated heterocycles. The zero-order valence-corrected chi connectivity index (χ0v) is 50.9. The van der Waals surface area contributed by atoms with Crippen molar-refractivity contribution in [3.8, 4) is 0 Å². The minimum atomic E-state index is 0. The van der Waals surface area contributed by atoms with Crippen molar-refractivity contribution in [2.75, 3.05) is 13.1 Å². The van der Waals surface area contributed by atoms with Crippen LogP contribution >= 0.6 is 0 Å². The molecule has 2 heterocycles. The highest BCUT2D eigenvalue weighted by Gasteiger charge is 2.69. The topological polar surface area (TPSA) is 6.48 Å². The lowest BCUT2D eigenvalue weighted by Gasteiger charge is -2.67. The van der Waals surface area contributed by atoms with Crippen LogP contribution in [-0.4, -0.2) is 47.1 Å². The van der Waals surface area contributed by atoms with Crippen LogP contribution in [0.3, 0.4) is 0 Å². The number of likely N-dealkylation sites (tertiary alicyclic amines) is 2. The highest BCUT2D eigenvalue weighted by atomic mass is 15.3. The monoisotopic (exact) mass is 1050 g/mol. The maximum atomic E-state index is 2.79. The minimum Gasteiger partial charge on any atom is -0.298 e. The van der Waals surface area contributed by atoms with Gasteiger partial charge in [-0.05, 0) is 118 Å². The van der Waals surface area contributed by atoms with Gasteiger partial charge in [-0.15, -0.1) is 0 Å². The fourth-order valence-corrected chi connectivity index (χ4v) is 11.0. The van der Waals surface area contributed by atoms with Crippen LogP contribution in [0.5, 0.6) is 0 Å². The second kappa shape index (κ2) is 73.5. The molecule has 5 aliphatic carbocycles. The number of unbranched alkanes of at least 4 members (excludes halogenated alkanes) is 1. The summed E-state index contributed by atoms with van der Waals surface area (Å²) >= 11 is 0. The molecule has 73 heavy (non-hydrogen) atoms. The van der Waals surface area contributed by atoms with Gasteiger partial charge in [-0.3, -0.25) is 9.80 Å². The number of fused-ring (bicyclic) bond motifs is 4. The molecule has 0 bridgehead atoms. The summed E-state index contributed by atoms with van der Waals surface area (Å²) in [4.78, 5) is 5.40. The van der Waals surface area contributed by atoms with Gasteiger partial charge in [0.15, 0.2) is 0 Å². The largest absolute Gasteiger partial charge is 0.298 e. The van der Waals surface area contributed by atoms with E-state index in [2.05, 4.69) is 159 Å². The van der Waals surface area contributed by atoms with Crippen molar-refractivity contribution in [1.29, 1.82) is 0 Å². The summed E-state index contributed by atoms with van der Waals surface area (Å²) in [5, 5.41) is 0. The Balaban J connectivity index is -0.0000000408. The Hall–Kier alpha value is -0.600. The second-order valence-corrected chi connectivity index (χ2v) is 18.9. The average molecular weight is 1050 g/mol. The Labute approximate surface area is 479 Å². The van der Waals surface area contributed by atoms with Crippen LogP contribution in [0, 0.1) is 71.0 Å². The summed E-state index contributed by atoms with van der Waals surface area (Å²) in [5.41, 5.74) is 0. The molecule has 0 amide bonds. The third kappa shape index (κ3) is 38.6. The summed E-state index contributed by atoms with van der Waals surface area (Å²) < 4.78 is 0. The normalized spacial score (nSPS) is 30.4. The number of hydrogen-bond acceptors (Lipinski definition) is 2. The first-order valence-electron chi connectivity index (χ1n) is 29.5. The van der Waals surface area contributed by atoms with E-state index in [0.717, 1.165) is 102 Å². The van der Waals surface area contributed by atoms with Gasteiger partial charge in [-0.25, -0.2) is 0 Å². The quantitative estimate of drug-likeness (QED) is 0.278. The fraction of sp³-hybridized carbons (Fsp3) is 0.944. The van der Waals surface area contributed by atoms with Gasteiger partial charge in [0.1, 0.15) is 0 Å². The van der Waals surface area contributed by atoms with Crippen LogP contribution in [0.2, 0.25) is 0 Å². The van der Waals surface area contributed by atoms with Crippen LogP contribution in [0.1, 0.15) is 339 Å². The van der Waals surface area contributed by atoms with E-state index in [1.807, 2.05) is 83.1 Å². The lowest BCUT2D eigenvalue weighted by atomic mass is 9.40. The molecule has 7 aliphatic rings. The molecule has 0 aromatic rings. The Morgan fingerprint density at radius 2 is 0.575 bits per heavy atom. The van der Waals surface area contributed by atoms with Gasteiger partial charge in [0.2, 0.25) is 0 Å². The highest BCUT2D eigenvalue weighted by Crippen LogP contribution is 2.67. The zero-order valence-electron chi connectivity index (χ0n) is 50.9. The Bertz CT molecular complexity index is 905. The number of nitrogens with zero attached hydrogens (tertiary/aromatic N) is 2. The smallest absolute Gasteiger partial charge is 0.0166 e. The Kier molecular flexibility index (Phi) is 113. The third-order valence-electron chi connectivity index (χ3n) is 15.9. The molecule has 4 saturated carbocycles. The molecule has 2 aliphatic heterocycles. The van der Waals surface area contributed by atoms with E-state index < -0.39 is 0 Å². The molecule has 0 aromatic carbocycles. The summed E-state index contributed by atoms with van der Waals surface area (Å²) in [5.74, 6) is 11.7. The predicted molar refractivity (Wildman–Crippen MR) is 366 cm³/mol. The maximum absolute atomic E-state index is 2.79. The molecule has 0 radical (unpaired) electrons. The van der Waals surface area contributed by atoms with Gasteiger partial charge in [-0.1, -0.05) is 329 Å². The first-order valence-corrected chi connectivity index (χ1v) is 29.5. The molecular formula is C71H170N2. The Morgan fingerprint density at radius 3 is 0.767 bits per heavy atom. The molecule has 0 spiro atoms. The SMILES string of the molecule is C.C.C.C.C.C.C.C.C.C1=CCC=C1.C1CCCC1.CC.CC.CC.CC.CC.CC.CCC.CCCC.CCN1C2[C@@H]3[C@H](C)[C@H](C)[C@@H]3[C@@H]2[C@H](C)[C@@H]1C.CCN1[C@H](C)[C@H](C)[C@H](C)[C@@H]1C.C[C@@H]1[C@H](C)[C@H](C)C[C@@H]1C. The van der Waals surface area contributed by atoms with Crippen LogP contribution in [-0.2, 0) is 0 Å². The fourth-order valence-electron chi connectivity index (χ4n) is 11.0. The van der Waals surface area contributed by atoms with E-state index >= 15 is 0 Å². The Morgan fingerprint density at radius 1 is 0.329 bits per heavy atom. The van der Waals surface area contributed by atoms with Crippen molar-refractivity contribution in [2.45, 2.75) is 363 Å². The molecular weight excluding hydrogens is 881 g/mol. The number of rotatable bonds is 3. The van der Waals surface area contributed by atoms with Crippen LogP contribution < -0.4 is 0 Å². The maximum Gasteiger partial charge on any atom is 0.0166 e. The molecule has 2 nitrogen and oxygen atoms in total. The predicted octanol–water partition coefficient (Wildman–Crippen LogP) is 26.7. The molecule has 6 fully saturated rings. The lowest BCUT2D eigenvalue weighted by Crippen LogP contribution is -2.68. The average Bonchev–Trinajstić information content (AvgIpc) is 4.21. The van der Waals surface area contributed by atoms with Crippen molar-refractivity contribution in [3.05, 3.63) is 24.3 Å². The van der Waals surface area contributed by atoms with E-state index in [1.54, 1.807) is 0 Å². The second-order valence-electron chi connectivity index (χ2n) is 18.9. The number of allylic oxidation sites excluding steroid dienone is 4. The van der Waals surface area contributed by atoms with Crippen molar-refractivity contribution < 1.29 is 0 Å². The molecule has 16 atom stereocenters. The number of hydrogen-bond donors (Lipinski definition) is 0. The molecule has 464 valence electrons. The molecule has 0 N–H and O–H groups in total.